The molecule has 0 saturated heterocycles. The van der Waals surface area contributed by atoms with Crippen LogP contribution in [-0.2, 0) is 0 Å². The normalized spacial score (nSPS) is 26.8. The van der Waals surface area contributed by atoms with Crippen LogP contribution in [0.5, 0.6) is 0 Å². The lowest BCUT2D eigenvalue weighted by Gasteiger charge is -2.43. The number of hydrogen-bond donors (Lipinski definition) is 1. The second-order valence-corrected chi connectivity index (χ2v) is 6.52. The molecule has 0 bridgehead atoms. The molecule has 0 aromatic heterocycles. The maximum absolute atomic E-state index is 10.5. The van der Waals surface area contributed by atoms with Crippen molar-refractivity contribution >= 4 is 5.69 Å². The molecule has 0 aliphatic heterocycles. The Morgan fingerprint density at radius 3 is 2.55 bits per heavy atom. The lowest BCUT2D eigenvalue weighted by atomic mass is 9.77. The summed E-state index contributed by atoms with van der Waals surface area (Å²) in [6.45, 7) is 9.93. The Balaban J connectivity index is 2.23. The quantitative estimate of drug-likeness (QED) is 0.897. The molecule has 2 rings (SSSR count). The summed E-state index contributed by atoms with van der Waals surface area (Å²) in [5.41, 5.74) is 2.58. The van der Waals surface area contributed by atoms with E-state index in [-0.39, 0.29) is 12.1 Å². The highest BCUT2D eigenvalue weighted by molar-refractivity contribution is 5.54. The molecule has 112 valence electrons. The number of aryl methyl sites for hydroxylation is 1. The molecule has 3 unspecified atom stereocenters. The van der Waals surface area contributed by atoms with E-state index in [1.54, 1.807) is 0 Å². The first-order chi connectivity index (χ1) is 9.54. The first-order valence-corrected chi connectivity index (χ1v) is 8.05. The summed E-state index contributed by atoms with van der Waals surface area (Å²) in [5, 5.41) is 10.5. The van der Waals surface area contributed by atoms with Gasteiger partial charge in [0.05, 0.1) is 12.1 Å². The molecular formula is C18H29NO. The summed E-state index contributed by atoms with van der Waals surface area (Å²) >= 11 is 0. The Morgan fingerprint density at radius 2 is 1.95 bits per heavy atom. The van der Waals surface area contributed by atoms with Gasteiger partial charge < -0.3 is 10.0 Å². The smallest absolute Gasteiger partial charge is 0.0743 e. The Morgan fingerprint density at radius 1 is 1.25 bits per heavy atom. The number of rotatable bonds is 4. The van der Waals surface area contributed by atoms with Gasteiger partial charge in [0.25, 0.3) is 0 Å². The zero-order valence-electron chi connectivity index (χ0n) is 13.3. The maximum atomic E-state index is 10.5. The number of aliphatic hydroxyl groups is 1. The number of likely N-dealkylation sites (N-methyl/N-ethyl adjacent to an activating group) is 1. The molecule has 0 heterocycles. The first-order valence-electron chi connectivity index (χ1n) is 8.05. The van der Waals surface area contributed by atoms with E-state index in [1.807, 2.05) is 0 Å². The van der Waals surface area contributed by atoms with Gasteiger partial charge in [-0.3, -0.25) is 0 Å². The average Bonchev–Trinajstić information content (AvgIpc) is 2.43. The van der Waals surface area contributed by atoms with Crippen LogP contribution in [-0.4, -0.2) is 23.8 Å². The van der Waals surface area contributed by atoms with Gasteiger partial charge in [-0.1, -0.05) is 32.0 Å². The summed E-state index contributed by atoms with van der Waals surface area (Å²) in [6, 6.07) is 8.79. The van der Waals surface area contributed by atoms with Crippen molar-refractivity contribution in [1.82, 2.24) is 0 Å². The van der Waals surface area contributed by atoms with E-state index in [9.17, 15) is 5.11 Å². The molecule has 3 atom stereocenters. The van der Waals surface area contributed by atoms with Crippen LogP contribution in [0.4, 0.5) is 5.69 Å². The number of hydrogen-bond acceptors (Lipinski definition) is 2. The highest BCUT2D eigenvalue weighted by atomic mass is 16.3. The first kappa shape index (κ1) is 15.4. The predicted molar refractivity (Wildman–Crippen MR) is 86.2 cm³/mol. The minimum Gasteiger partial charge on any atom is -0.391 e. The third-order valence-corrected chi connectivity index (χ3v) is 4.93. The summed E-state index contributed by atoms with van der Waals surface area (Å²) in [5.74, 6) is 1.45. The fourth-order valence-corrected chi connectivity index (χ4v) is 3.57. The van der Waals surface area contributed by atoms with Gasteiger partial charge in [-0.05, 0) is 56.6 Å². The lowest BCUT2D eigenvalue weighted by molar-refractivity contribution is 0.0715. The van der Waals surface area contributed by atoms with E-state index in [0.717, 1.165) is 25.3 Å². The van der Waals surface area contributed by atoms with Crippen molar-refractivity contribution in [2.75, 3.05) is 11.4 Å². The molecule has 1 fully saturated rings. The predicted octanol–water partition coefficient (Wildman–Crippen LogP) is 4.01. The minimum atomic E-state index is -0.190. The molecule has 1 aromatic carbocycles. The highest BCUT2D eigenvalue weighted by Gasteiger charge is 2.34. The molecule has 2 heteroatoms. The zero-order valence-corrected chi connectivity index (χ0v) is 13.3. The van der Waals surface area contributed by atoms with Crippen LogP contribution in [0.3, 0.4) is 0 Å². The minimum absolute atomic E-state index is 0.190. The van der Waals surface area contributed by atoms with Crippen molar-refractivity contribution in [2.24, 2.45) is 11.8 Å². The fourth-order valence-electron chi connectivity index (χ4n) is 3.57. The Labute approximate surface area is 123 Å². The molecule has 20 heavy (non-hydrogen) atoms. The van der Waals surface area contributed by atoms with Crippen molar-refractivity contribution in [1.29, 1.82) is 0 Å². The molecule has 2 nitrogen and oxygen atoms in total. The van der Waals surface area contributed by atoms with E-state index < -0.39 is 0 Å². The molecule has 0 amide bonds. The van der Waals surface area contributed by atoms with Crippen LogP contribution in [0.15, 0.2) is 24.3 Å². The summed E-state index contributed by atoms with van der Waals surface area (Å²) in [4.78, 5) is 2.41. The maximum Gasteiger partial charge on any atom is 0.0743 e. The second kappa shape index (κ2) is 6.62. The van der Waals surface area contributed by atoms with Gasteiger partial charge in [-0.2, -0.15) is 0 Å². The number of nitrogens with zero attached hydrogens (tertiary/aromatic N) is 1. The molecule has 0 radical (unpaired) electrons. The molecule has 1 aromatic rings. The SMILES string of the molecule is CCN(c1ccccc1C)C1CC(C(C)C)CCC1O. The van der Waals surface area contributed by atoms with Gasteiger partial charge in [0.15, 0.2) is 0 Å². The summed E-state index contributed by atoms with van der Waals surface area (Å²) < 4.78 is 0. The van der Waals surface area contributed by atoms with E-state index in [0.29, 0.717) is 5.92 Å². The molecule has 1 aliphatic carbocycles. The van der Waals surface area contributed by atoms with Crippen molar-refractivity contribution in [3.63, 3.8) is 0 Å². The van der Waals surface area contributed by atoms with Crippen molar-refractivity contribution < 1.29 is 5.11 Å². The van der Waals surface area contributed by atoms with Gasteiger partial charge in [0.1, 0.15) is 0 Å². The Bertz CT molecular complexity index is 429. The average molecular weight is 275 g/mol. The van der Waals surface area contributed by atoms with Crippen LogP contribution < -0.4 is 4.90 Å². The molecule has 1 saturated carbocycles. The van der Waals surface area contributed by atoms with E-state index in [1.165, 1.54) is 17.7 Å². The van der Waals surface area contributed by atoms with Gasteiger partial charge in [0, 0.05) is 12.2 Å². The van der Waals surface area contributed by atoms with E-state index in [2.05, 4.69) is 56.9 Å². The van der Waals surface area contributed by atoms with E-state index in [4.69, 9.17) is 0 Å². The van der Waals surface area contributed by atoms with Crippen LogP contribution in [0.1, 0.15) is 45.6 Å². The van der Waals surface area contributed by atoms with E-state index >= 15 is 0 Å². The Hall–Kier alpha value is -1.02. The summed E-state index contributed by atoms with van der Waals surface area (Å²) in [6.07, 6.45) is 3.03. The summed E-state index contributed by atoms with van der Waals surface area (Å²) in [7, 11) is 0. The van der Waals surface area contributed by atoms with Crippen LogP contribution >= 0.6 is 0 Å². The van der Waals surface area contributed by atoms with Crippen LogP contribution in [0.25, 0.3) is 0 Å². The molecule has 1 N–H and O–H groups in total. The van der Waals surface area contributed by atoms with Crippen molar-refractivity contribution in [2.45, 2.75) is 59.1 Å². The van der Waals surface area contributed by atoms with Crippen LogP contribution in [0.2, 0.25) is 0 Å². The number of anilines is 1. The fraction of sp³-hybridized carbons (Fsp3) is 0.667. The molecule has 1 aliphatic rings. The number of benzene rings is 1. The number of para-hydroxylation sites is 1. The van der Waals surface area contributed by atoms with Gasteiger partial charge in [-0.15, -0.1) is 0 Å². The van der Waals surface area contributed by atoms with Gasteiger partial charge >= 0.3 is 0 Å². The van der Waals surface area contributed by atoms with Crippen molar-refractivity contribution in [3.8, 4) is 0 Å². The standard InChI is InChI=1S/C18H29NO/c1-5-19(16-9-7-6-8-14(16)4)17-12-15(13(2)3)10-11-18(17)20/h6-9,13,15,17-18,20H,5,10-12H2,1-4H3. The highest BCUT2D eigenvalue weighted by Crippen LogP contribution is 2.35. The molecule has 0 spiro atoms. The zero-order chi connectivity index (χ0) is 14.7. The van der Waals surface area contributed by atoms with Crippen LogP contribution in [0, 0.1) is 18.8 Å². The second-order valence-electron chi connectivity index (χ2n) is 6.52. The van der Waals surface area contributed by atoms with Gasteiger partial charge in [-0.25, -0.2) is 0 Å². The van der Waals surface area contributed by atoms with Crippen molar-refractivity contribution in [3.05, 3.63) is 29.8 Å². The third kappa shape index (κ3) is 3.17. The topological polar surface area (TPSA) is 23.5 Å². The monoisotopic (exact) mass is 275 g/mol. The lowest BCUT2D eigenvalue weighted by Crippen LogP contribution is -2.48. The number of aliphatic hydroxyl groups excluding tert-OH is 1. The largest absolute Gasteiger partial charge is 0.391 e. The third-order valence-electron chi connectivity index (χ3n) is 4.93. The van der Waals surface area contributed by atoms with Gasteiger partial charge in [0.2, 0.25) is 0 Å². The molecular weight excluding hydrogens is 246 g/mol. The Kier molecular flexibility index (Phi) is 5.09.